The molecule has 0 radical (unpaired) electrons. The highest BCUT2D eigenvalue weighted by atomic mass is 16.6. The maximum absolute atomic E-state index is 12.2. The highest BCUT2D eigenvalue weighted by molar-refractivity contribution is 5.90. The van der Waals surface area contributed by atoms with Crippen LogP contribution in [0.15, 0.2) is 12.2 Å². The summed E-state index contributed by atoms with van der Waals surface area (Å²) in [5.74, 6) is -4.54. The first kappa shape index (κ1) is 35.6. The summed E-state index contributed by atoms with van der Waals surface area (Å²) in [5.41, 5.74) is -0.783. The molecule has 0 amide bonds. The van der Waals surface area contributed by atoms with Crippen molar-refractivity contribution in [2.45, 2.75) is 91.6 Å². The highest BCUT2D eigenvalue weighted by Gasteiger charge is 2.29. The van der Waals surface area contributed by atoms with Gasteiger partial charge in [0.05, 0.1) is 31.5 Å². The SMILES string of the molecule is CCCCOC(=O)CCCCCOC(=O)CCC(=O)OCC(COC(=O)C(C)(C)CC)OC(=O)/C=C\C(=O)O. The number of aliphatic carboxylic acids is 1. The highest BCUT2D eigenvalue weighted by Crippen LogP contribution is 2.21. The van der Waals surface area contributed by atoms with Crippen molar-refractivity contribution in [3.05, 3.63) is 12.2 Å². The lowest BCUT2D eigenvalue weighted by Gasteiger charge is -2.23. The van der Waals surface area contributed by atoms with Gasteiger partial charge in [-0.2, -0.15) is 0 Å². The van der Waals surface area contributed by atoms with Gasteiger partial charge >= 0.3 is 35.8 Å². The fourth-order valence-electron chi connectivity index (χ4n) is 2.64. The Morgan fingerprint density at radius 2 is 1.28 bits per heavy atom. The van der Waals surface area contributed by atoms with Crippen LogP contribution in [0.5, 0.6) is 0 Å². The molecule has 39 heavy (non-hydrogen) atoms. The van der Waals surface area contributed by atoms with Crippen LogP contribution in [0.2, 0.25) is 0 Å². The minimum Gasteiger partial charge on any atom is -0.478 e. The fraction of sp³-hybridized carbons (Fsp3) is 0.704. The van der Waals surface area contributed by atoms with Crippen LogP contribution in [0.4, 0.5) is 0 Å². The van der Waals surface area contributed by atoms with Crippen molar-refractivity contribution in [3.63, 3.8) is 0 Å². The van der Waals surface area contributed by atoms with E-state index < -0.39 is 54.6 Å². The number of ether oxygens (including phenoxy) is 5. The number of carbonyl (C=O) groups excluding carboxylic acids is 5. The van der Waals surface area contributed by atoms with E-state index in [2.05, 4.69) is 0 Å². The molecule has 0 aromatic carbocycles. The second-order valence-corrected chi connectivity index (χ2v) is 9.35. The third kappa shape index (κ3) is 19.3. The van der Waals surface area contributed by atoms with Crippen LogP contribution in [0.1, 0.15) is 85.5 Å². The second kappa shape index (κ2) is 20.5. The molecule has 1 atom stereocenters. The molecule has 0 saturated carbocycles. The third-order valence-corrected chi connectivity index (χ3v) is 5.49. The molecule has 0 heterocycles. The van der Waals surface area contributed by atoms with E-state index in [1.807, 2.05) is 6.92 Å². The Bertz CT molecular complexity index is 831. The quantitative estimate of drug-likeness (QED) is 0.0945. The first-order valence-corrected chi connectivity index (χ1v) is 13.2. The van der Waals surface area contributed by atoms with Crippen LogP contribution in [0, 0.1) is 5.41 Å². The van der Waals surface area contributed by atoms with Crippen molar-refractivity contribution in [2.75, 3.05) is 26.4 Å². The summed E-state index contributed by atoms with van der Waals surface area (Å²) in [4.78, 5) is 70.0. The zero-order valence-corrected chi connectivity index (χ0v) is 23.4. The van der Waals surface area contributed by atoms with Gasteiger partial charge in [-0.3, -0.25) is 19.2 Å². The summed E-state index contributed by atoms with van der Waals surface area (Å²) >= 11 is 0. The first-order chi connectivity index (χ1) is 18.4. The molecular weight excluding hydrogens is 516 g/mol. The average Bonchev–Trinajstić information content (AvgIpc) is 2.89. The third-order valence-electron chi connectivity index (χ3n) is 5.49. The molecule has 0 fully saturated rings. The molecule has 0 aliphatic carbocycles. The number of rotatable bonds is 21. The van der Waals surface area contributed by atoms with Gasteiger partial charge in [0.1, 0.15) is 13.2 Å². The van der Waals surface area contributed by atoms with E-state index in [-0.39, 0.29) is 25.4 Å². The van der Waals surface area contributed by atoms with Gasteiger partial charge in [-0.1, -0.05) is 20.3 Å². The van der Waals surface area contributed by atoms with Crippen molar-refractivity contribution in [2.24, 2.45) is 5.41 Å². The molecule has 12 nitrogen and oxygen atoms in total. The summed E-state index contributed by atoms with van der Waals surface area (Å²) in [6, 6.07) is 0. The van der Waals surface area contributed by atoms with E-state index in [9.17, 15) is 28.8 Å². The number of hydrogen-bond acceptors (Lipinski definition) is 11. The zero-order chi connectivity index (χ0) is 29.7. The fourth-order valence-corrected chi connectivity index (χ4v) is 2.64. The summed E-state index contributed by atoms with van der Waals surface area (Å²) in [6.45, 7) is 6.86. The number of esters is 5. The lowest BCUT2D eigenvalue weighted by atomic mass is 9.91. The van der Waals surface area contributed by atoms with Crippen LogP contribution in [-0.2, 0) is 52.5 Å². The molecule has 0 rings (SSSR count). The number of hydrogen-bond donors (Lipinski definition) is 1. The van der Waals surface area contributed by atoms with Gasteiger partial charge in [-0.15, -0.1) is 0 Å². The minimum absolute atomic E-state index is 0.153. The molecule has 0 spiro atoms. The number of carbonyl (C=O) groups is 6. The van der Waals surface area contributed by atoms with Crippen LogP contribution >= 0.6 is 0 Å². The predicted molar refractivity (Wildman–Crippen MR) is 137 cm³/mol. The zero-order valence-electron chi connectivity index (χ0n) is 23.4. The van der Waals surface area contributed by atoms with Crippen molar-refractivity contribution < 1.29 is 57.6 Å². The number of carboxylic acid groups (broad SMARTS) is 1. The number of carboxylic acids is 1. The molecule has 0 aromatic heterocycles. The largest absolute Gasteiger partial charge is 0.478 e. The summed E-state index contributed by atoms with van der Waals surface area (Å²) in [5, 5.41) is 8.63. The van der Waals surface area contributed by atoms with Crippen molar-refractivity contribution in [1.29, 1.82) is 0 Å². The molecule has 0 aliphatic heterocycles. The van der Waals surface area contributed by atoms with Gasteiger partial charge in [-0.05, 0) is 46.0 Å². The molecule has 1 N–H and O–H groups in total. The molecule has 0 aliphatic rings. The molecule has 0 saturated heterocycles. The van der Waals surface area contributed by atoms with Crippen LogP contribution in [-0.4, -0.2) is 73.5 Å². The Kier molecular flexibility index (Phi) is 18.7. The van der Waals surface area contributed by atoms with E-state index in [4.69, 9.17) is 28.8 Å². The van der Waals surface area contributed by atoms with E-state index >= 15 is 0 Å². The minimum atomic E-state index is -1.36. The maximum Gasteiger partial charge on any atom is 0.331 e. The summed E-state index contributed by atoms with van der Waals surface area (Å²) in [7, 11) is 0. The van der Waals surface area contributed by atoms with Gasteiger partial charge in [0.2, 0.25) is 0 Å². The Labute approximate surface area is 229 Å². The topological polar surface area (TPSA) is 169 Å². The predicted octanol–water partition coefficient (Wildman–Crippen LogP) is 3.29. The van der Waals surface area contributed by atoms with E-state index in [0.717, 1.165) is 12.8 Å². The molecule has 12 heteroatoms. The van der Waals surface area contributed by atoms with E-state index in [1.54, 1.807) is 20.8 Å². The standard InChI is InChI=1S/C27H42O12/c1-5-7-16-35-22(30)11-9-8-10-17-36-23(31)14-15-24(32)37-18-20(39-25(33)13-12-21(28)29)19-38-26(34)27(3,4)6-2/h12-13,20H,5-11,14-19H2,1-4H3,(H,28,29)/b13-12-. The van der Waals surface area contributed by atoms with E-state index in [1.165, 1.54) is 0 Å². The molecule has 0 aromatic rings. The van der Waals surface area contributed by atoms with Gasteiger partial charge < -0.3 is 28.8 Å². The Balaban J connectivity index is 4.41. The van der Waals surface area contributed by atoms with Crippen LogP contribution in [0.3, 0.4) is 0 Å². The Hall–Kier alpha value is -3.44. The monoisotopic (exact) mass is 558 g/mol. The van der Waals surface area contributed by atoms with Crippen molar-refractivity contribution >= 4 is 35.8 Å². The number of unbranched alkanes of at least 4 members (excludes halogenated alkanes) is 3. The summed E-state index contributed by atoms with van der Waals surface area (Å²) in [6.07, 6.45) is 4.01. The molecule has 1 unspecified atom stereocenters. The average molecular weight is 559 g/mol. The normalized spacial score (nSPS) is 11.9. The molecule has 0 bridgehead atoms. The van der Waals surface area contributed by atoms with Crippen molar-refractivity contribution in [3.8, 4) is 0 Å². The smallest absolute Gasteiger partial charge is 0.331 e. The van der Waals surface area contributed by atoms with Gasteiger partial charge in [-0.25, -0.2) is 9.59 Å². The molecular formula is C27H42O12. The van der Waals surface area contributed by atoms with Crippen LogP contribution < -0.4 is 0 Å². The lowest BCUT2D eigenvalue weighted by Crippen LogP contribution is -2.34. The van der Waals surface area contributed by atoms with Crippen molar-refractivity contribution in [1.82, 2.24) is 0 Å². The van der Waals surface area contributed by atoms with Gasteiger partial charge in [0, 0.05) is 18.6 Å². The maximum atomic E-state index is 12.2. The van der Waals surface area contributed by atoms with Crippen LogP contribution in [0.25, 0.3) is 0 Å². The Morgan fingerprint density at radius 3 is 1.87 bits per heavy atom. The lowest BCUT2D eigenvalue weighted by molar-refractivity contribution is -0.168. The second-order valence-electron chi connectivity index (χ2n) is 9.35. The molecule has 222 valence electrons. The van der Waals surface area contributed by atoms with Gasteiger partial charge in [0.25, 0.3) is 0 Å². The first-order valence-electron chi connectivity index (χ1n) is 13.2. The van der Waals surface area contributed by atoms with Gasteiger partial charge in [0.15, 0.2) is 6.10 Å². The van der Waals surface area contributed by atoms with E-state index in [0.29, 0.717) is 50.9 Å². The Morgan fingerprint density at radius 1 is 0.718 bits per heavy atom. The summed E-state index contributed by atoms with van der Waals surface area (Å²) < 4.78 is 25.4.